The molecular weight excluding hydrogens is 927 g/mol. The summed E-state index contributed by atoms with van der Waals surface area (Å²) in [5, 5.41) is 23.8. The normalized spacial score (nSPS) is 13.8. The number of alkyl carbamates (subject to hydrolysis) is 1. The van der Waals surface area contributed by atoms with Gasteiger partial charge in [-0.3, -0.25) is 19.2 Å². The minimum Gasteiger partial charge on any atom is -0.488 e. The van der Waals surface area contributed by atoms with E-state index in [0.29, 0.717) is 28.2 Å². The second-order valence-electron chi connectivity index (χ2n) is 20.8. The SMILES string of the molecule is CC(C)C[C@H](NC(=O)CNC(=O)OCC1c2ccccc2-c2ccccc21)C(=O)N[C@H](Cc1ccc(OC(C)(C)C)cc1)C(=O)N[C@@H](Cc1ccc(OC(C)(C)C)cc1)C(=O)N[C@@H](Cc1ccccc1)C(=O)O. The van der Waals surface area contributed by atoms with E-state index >= 15 is 0 Å². The first-order valence-corrected chi connectivity index (χ1v) is 24.7. The van der Waals surface area contributed by atoms with Crippen LogP contribution >= 0.6 is 0 Å². The van der Waals surface area contributed by atoms with Gasteiger partial charge in [-0.05, 0) is 117 Å². The third-order valence-corrected chi connectivity index (χ3v) is 11.8. The molecule has 0 radical (unpaired) electrons. The molecule has 73 heavy (non-hydrogen) atoms. The maximum atomic E-state index is 14.7. The average Bonchev–Trinajstić information content (AvgIpc) is 3.65. The van der Waals surface area contributed by atoms with Crippen molar-refractivity contribution in [1.29, 1.82) is 0 Å². The van der Waals surface area contributed by atoms with Gasteiger partial charge < -0.3 is 45.9 Å². The highest BCUT2D eigenvalue weighted by atomic mass is 16.5. The summed E-state index contributed by atoms with van der Waals surface area (Å²) >= 11 is 0. The van der Waals surface area contributed by atoms with E-state index in [9.17, 15) is 33.9 Å². The highest BCUT2D eigenvalue weighted by Gasteiger charge is 2.33. The summed E-state index contributed by atoms with van der Waals surface area (Å²) in [5.74, 6) is -3.20. The van der Waals surface area contributed by atoms with Crippen LogP contribution in [-0.4, -0.2) is 89.3 Å². The molecule has 5 aromatic rings. The molecule has 5 aromatic carbocycles. The van der Waals surface area contributed by atoms with Crippen LogP contribution in [0.1, 0.15) is 95.5 Å². The first-order chi connectivity index (χ1) is 34.6. The fourth-order valence-corrected chi connectivity index (χ4v) is 8.60. The first-order valence-electron chi connectivity index (χ1n) is 24.7. The van der Waals surface area contributed by atoms with Crippen LogP contribution in [-0.2, 0) is 48.0 Å². The summed E-state index contributed by atoms with van der Waals surface area (Å²) in [6, 6.07) is 33.7. The van der Waals surface area contributed by atoms with Crippen molar-refractivity contribution in [3.05, 3.63) is 155 Å². The van der Waals surface area contributed by atoms with Crippen molar-refractivity contribution in [3.8, 4) is 22.6 Å². The Balaban J connectivity index is 1.19. The van der Waals surface area contributed by atoms with Crippen molar-refractivity contribution in [1.82, 2.24) is 26.6 Å². The lowest BCUT2D eigenvalue weighted by Crippen LogP contribution is -2.59. The van der Waals surface area contributed by atoms with Gasteiger partial charge in [0, 0.05) is 25.2 Å². The van der Waals surface area contributed by atoms with Crippen LogP contribution in [0.5, 0.6) is 11.5 Å². The van der Waals surface area contributed by atoms with E-state index in [1.807, 2.05) is 104 Å². The van der Waals surface area contributed by atoms with E-state index in [-0.39, 0.29) is 44.1 Å². The van der Waals surface area contributed by atoms with Crippen LogP contribution in [0.15, 0.2) is 127 Å². The Labute approximate surface area is 428 Å². The number of fused-ring (bicyclic) bond motifs is 3. The van der Waals surface area contributed by atoms with Crippen LogP contribution in [0, 0.1) is 5.92 Å². The molecule has 0 fully saturated rings. The molecule has 6 rings (SSSR count). The number of aliphatic carboxylic acids is 1. The Morgan fingerprint density at radius 3 is 1.38 bits per heavy atom. The predicted octanol–water partition coefficient (Wildman–Crippen LogP) is 7.68. The van der Waals surface area contributed by atoms with Gasteiger partial charge in [0.1, 0.15) is 60.0 Å². The summed E-state index contributed by atoms with van der Waals surface area (Å²) in [7, 11) is 0. The van der Waals surface area contributed by atoms with Gasteiger partial charge in [0.25, 0.3) is 0 Å². The monoisotopic (exact) mass is 996 g/mol. The number of carboxylic acids is 1. The summed E-state index contributed by atoms with van der Waals surface area (Å²) in [5.41, 5.74) is 5.24. The van der Waals surface area contributed by atoms with E-state index in [0.717, 1.165) is 22.3 Å². The van der Waals surface area contributed by atoms with Crippen LogP contribution in [0.3, 0.4) is 0 Å². The van der Waals surface area contributed by atoms with Gasteiger partial charge in [0.05, 0.1) is 0 Å². The Hall–Kier alpha value is -7.68. The molecule has 0 spiro atoms. The van der Waals surface area contributed by atoms with Gasteiger partial charge in [-0.1, -0.05) is 117 Å². The number of carbonyl (C=O) groups is 6. The average molecular weight is 996 g/mol. The summed E-state index contributed by atoms with van der Waals surface area (Å²) in [6.45, 7) is 14.8. The van der Waals surface area contributed by atoms with Crippen LogP contribution in [0.4, 0.5) is 4.79 Å². The minimum absolute atomic E-state index is 0.0147. The van der Waals surface area contributed by atoms with Gasteiger partial charge in [0.15, 0.2) is 0 Å². The number of rotatable bonds is 22. The molecule has 0 saturated heterocycles. The minimum atomic E-state index is -1.33. The van der Waals surface area contributed by atoms with Crippen molar-refractivity contribution in [3.63, 3.8) is 0 Å². The number of nitrogens with one attached hydrogen (secondary N) is 5. The standard InChI is InChI=1S/C58H69N5O10/c1-36(2)30-47(60-51(64)34-59-56(70)71-35-46-44-20-14-12-18-42(44)43-19-13-15-21-45(43)46)52(65)61-48(31-38-22-26-40(27-23-38)72-57(3,4)5)53(66)62-49(32-39-24-28-41(29-25-39)73-58(6,7)8)54(67)63-50(55(68)69)33-37-16-10-9-11-17-37/h9-29,36,46-50H,30-35H2,1-8H3,(H,59,70)(H,60,64)(H,61,65)(H,62,66)(H,63,67)(H,68,69)/t47-,48+,49-,50-/m0/s1. The predicted molar refractivity (Wildman–Crippen MR) is 279 cm³/mol. The first kappa shape index (κ1) is 54.6. The van der Waals surface area contributed by atoms with E-state index in [2.05, 4.69) is 26.6 Å². The van der Waals surface area contributed by atoms with E-state index in [4.69, 9.17) is 14.2 Å². The number of hydrogen-bond donors (Lipinski definition) is 6. The lowest BCUT2D eigenvalue weighted by molar-refractivity contribution is -0.142. The van der Waals surface area contributed by atoms with Crippen LogP contribution in [0.2, 0.25) is 0 Å². The zero-order chi connectivity index (χ0) is 52.9. The van der Waals surface area contributed by atoms with Gasteiger partial charge in [-0.25, -0.2) is 9.59 Å². The number of ether oxygens (including phenoxy) is 3. The second-order valence-corrected chi connectivity index (χ2v) is 20.8. The maximum absolute atomic E-state index is 14.7. The van der Waals surface area contributed by atoms with Gasteiger partial charge in [0.2, 0.25) is 23.6 Å². The smallest absolute Gasteiger partial charge is 0.407 e. The Morgan fingerprint density at radius 2 is 0.932 bits per heavy atom. The van der Waals surface area contributed by atoms with Crippen LogP contribution in [0.25, 0.3) is 11.1 Å². The zero-order valence-corrected chi connectivity index (χ0v) is 43.0. The molecule has 15 nitrogen and oxygen atoms in total. The molecule has 386 valence electrons. The summed E-state index contributed by atoms with van der Waals surface area (Å²) < 4.78 is 17.6. The van der Waals surface area contributed by atoms with Crippen LogP contribution < -0.4 is 36.1 Å². The molecule has 1 aliphatic rings. The largest absolute Gasteiger partial charge is 0.488 e. The quantitative estimate of drug-likeness (QED) is 0.0398. The molecule has 0 saturated carbocycles. The highest BCUT2D eigenvalue weighted by Crippen LogP contribution is 2.44. The molecule has 0 unspecified atom stereocenters. The number of hydrogen-bond acceptors (Lipinski definition) is 9. The lowest BCUT2D eigenvalue weighted by Gasteiger charge is -2.27. The van der Waals surface area contributed by atoms with Crippen molar-refractivity contribution in [2.75, 3.05) is 13.2 Å². The topological polar surface area (TPSA) is 210 Å². The van der Waals surface area contributed by atoms with Crippen molar-refractivity contribution in [2.24, 2.45) is 5.92 Å². The molecule has 0 aromatic heterocycles. The van der Waals surface area contributed by atoms with E-state index in [1.54, 1.807) is 78.9 Å². The summed E-state index contributed by atoms with van der Waals surface area (Å²) in [6.07, 6.45) is -0.738. The molecule has 4 atom stereocenters. The van der Waals surface area contributed by atoms with Crippen molar-refractivity contribution < 1.29 is 48.1 Å². The maximum Gasteiger partial charge on any atom is 0.407 e. The third-order valence-electron chi connectivity index (χ3n) is 11.8. The fraction of sp³-hybridized carbons (Fsp3) is 0.379. The molecule has 0 bridgehead atoms. The van der Waals surface area contributed by atoms with E-state index in [1.165, 1.54) is 0 Å². The molecule has 15 heteroatoms. The molecule has 6 N–H and O–H groups in total. The summed E-state index contributed by atoms with van der Waals surface area (Å²) in [4.78, 5) is 82.3. The Bertz CT molecular complexity index is 2650. The molecule has 5 amide bonds. The Morgan fingerprint density at radius 1 is 0.521 bits per heavy atom. The van der Waals surface area contributed by atoms with Gasteiger partial charge in [-0.15, -0.1) is 0 Å². The fourth-order valence-electron chi connectivity index (χ4n) is 8.60. The van der Waals surface area contributed by atoms with E-state index < -0.39 is 77.6 Å². The molecular formula is C58H69N5O10. The van der Waals surface area contributed by atoms with Crippen molar-refractivity contribution in [2.45, 2.75) is 122 Å². The lowest BCUT2D eigenvalue weighted by atomic mass is 9.98. The molecule has 1 aliphatic carbocycles. The van der Waals surface area contributed by atoms with Gasteiger partial charge >= 0.3 is 12.1 Å². The molecule has 0 aliphatic heterocycles. The third kappa shape index (κ3) is 16.7. The molecule has 0 heterocycles. The van der Waals surface area contributed by atoms with Crippen molar-refractivity contribution >= 4 is 35.7 Å². The number of benzene rings is 5. The number of carbonyl (C=O) groups excluding carboxylic acids is 5. The Kier molecular flexibility index (Phi) is 18.4. The highest BCUT2D eigenvalue weighted by molar-refractivity contribution is 5.95. The number of amides is 5. The zero-order valence-electron chi connectivity index (χ0n) is 43.0. The number of carboxylic acid groups (broad SMARTS) is 1. The second kappa shape index (κ2) is 24.6. The van der Waals surface area contributed by atoms with Gasteiger partial charge in [-0.2, -0.15) is 0 Å².